The van der Waals surface area contributed by atoms with Crippen LogP contribution in [0.15, 0.2) is 42.5 Å². The van der Waals surface area contributed by atoms with Gasteiger partial charge in [-0.15, -0.1) is 0 Å². The fourth-order valence-electron chi connectivity index (χ4n) is 3.11. The number of hydrogen-bond acceptors (Lipinski definition) is 5. The van der Waals surface area contributed by atoms with Gasteiger partial charge in [-0.3, -0.25) is 4.79 Å². The van der Waals surface area contributed by atoms with E-state index in [-0.39, 0.29) is 12.5 Å². The Balaban J connectivity index is 1.49. The summed E-state index contributed by atoms with van der Waals surface area (Å²) in [5, 5.41) is 0. The van der Waals surface area contributed by atoms with Gasteiger partial charge in [-0.2, -0.15) is 0 Å². The van der Waals surface area contributed by atoms with Gasteiger partial charge in [0, 0.05) is 38.8 Å². The summed E-state index contributed by atoms with van der Waals surface area (Å²) in [6.07, 6.45) is 0. The lowest BCUT2D eigenvalue weighted by molar-refractivity contribution is -0.136. The number of nitrogens with zero attached hydrogens (tertiary/aromatic N) is 2. The zero-order valence-electron chi connectivity index (χ0n) is 16.6. The summed E-state index contributed by atoms with van der Waals surface area (Å²) in [6, 6.07) is 13.1. The lowest BCUT2D eigenvalue weighted by Gasteiger charge is -2.35. The molecule has 0 aliphatic carbocycles. The average molecular weight is 382 g/mol. The molecule has 1 amide bonds. The molecule has 6 heteroatoms. The lowest BCUT2D eigenvalue weighted by Crippen LogP contribution is -2.48. The highest BCUT2D eigenvalue weighted by Crippen LogP contribution is 2.21. The van der Waals surface area contributed by atoms with Gasteiger partial charge in [-0.25, -0.2) is 4.79 Å². The molecule has 0 bridgehead atoms. The second kappa shape index (κ2) is 8.78. The van der Waals surface area contributed by atoms with E-state index in [2.05, 4.69) is 4.90 Å². The number of hydrogen-bond donors (Lipinski definition) is 0. The number of ether oxygens (including phenoxy) is 2. The van der Waals surface area contributed by atoms with Gasteiger partial charge >= 0.3 is 5.97 Å². The van der Waals surface area contributed by atoms with Crippen LogP contribution >= 0.6 is 0 Å². The van der Waals surface area contributed by atoms with Gasteiger partial charge in [0.15, 0.2) is 6.61 Å². The standard InChI is InChI=1S/C22H26N2O4/c1-16-4-7-21(14-17(16)2)27-15-22(26)28-20-8-5-19(6-9-20)24-12-10-23(11-13-24)18(3)25/h4-9,14H,10-13,15H2,1-3H3. The van der Waals surface area contributed by atoms with Crippen molar-refractivity contribution >= 4 is 17.6 Å². The zero-order valence-corrected chi connectivity index (χ0v) is 16.6. The minimum atomic E-state index is -0.443. The van der Waals surface area contributed by atoms with E-state index in [9.17, 15) is 9.59 Å². The molecule has 0 aromatic heterocycles. The van der Waals surface area contributed by atoms with Crippen LogP contribution in [0.5, 0.6) is 11.5 Å². The van der Waals surface area contributed by atoms with Crippen molar-refractivity contribution in [3.05, 3.63) is 53.6 Å². The molecule has 2 aromatic rings. The van der Waals surface area contributed by atoms with Crippen molar-refractivity contribution in [2.24, 2.45) is 0 Å². The Kier molecular flexibility index (Phi) is 6.19. The van der Waals surface area contributed by atoms with Crippen LogP contribution in [0.1, 0.15) is 18.1 Å². The van der Waals surface area contributed by atoms with Crippen LogP contribution in [0.4, 0.5) is 5.69 Å². The minimum Gasteiger partial charge on any atom is -0.482 e. The van der Waals surface area contributed by atoms with Crippen molar-refractivity contribution in [2.75, 3.05) is 37.7 Å². The minimum absolute atomic E-state index is 0.116. The molecule has 0 N–H and O–H groups in total. The first kappa shape index (κ1) is 19.7. The Hall–Kier alpha value is -3.02. The molecule has 6 nitrogen and oxygen atoms in total. The number of carbonyl (C=O) groups is 2. The van der Waals surface area contributed by atoms with Crippen LogP contribution in [0.2, 0.25) is 0 Å². The summed E-state index contributed by atoms with van der Waals surface area (Å²) in [5.41, 5.74) is 3.35. The Labute approximate surface area is 165 Å². The van der Waals surface area contributed by atoms with Gasteiger partial charge in [0.2, 0.25) is 5.91 Å². The molecular formula is C22H26N2O4. The fraction of sp³-hybridized carbons (Fsp3) is 0.364. The van der Waals surface area contributed by atoms with E-state index in [0.29, 0.717) is 11.5 Å². The molecule has 28 heavy (non-hydrogen) atoms. The summed E-state index contributed by atoms with van der Waals surface area (Å²) in [6.45, 7) is 8.52. The highest BCUT2D eigenvalue weighted by Gasteiger charge is 2.18. The van der Waals surface area contributed by atoms with E-state index in [0.717, 1.165) is 37.4 Å². The Morgan fingerprint density at radius 2 is 1.54 bits per heavy atom. The predicted octanol–water partition coefficient (Wildman–Crippen LogP) is 2.96. The molecule has 1 aliphatic rings. The summed E-state index contributed by atoms with van der Waals surface area (Å²) >= 11 is 0. The molecule has 148 valence electrons. The predicted molar refractivity (Wildman–Crippen MR) is 108 cm³/mol. The van der Waals surface area contributed by atoms with Crippen LogP contribution in [-0.4, -0.2) is 49.6 Å². The molecule has 0 saturated carbocycles. The number of piperazine rings is 1. The third-order valence-corrected chi connectivity index (χ3v) is 4.99. The van der Waals surface area contributed by atoms with Gasteiger partial charge in [0.1, 0.15) is 11.5 Å². The van der Waals surface area contributed by atoms with Crippen molar-refractivity contribution in [1.82, 2.24) is 4.90 Å². The normalized spacial score (nSPS) is 14.0. The van der Waals surface area contributed by atoms with Gasteiger partial charge in [-0.1, -0.05) is 6.07 Å². The van der Waals surface area contributed by atoms with Crippen molar-refractivity contribution < 1.29 is 19.1 Å². The zero-order chi connectivity index (χ0) is 20.1. The smallest absolute Gasteiger partial charge is 0.349 e. The van der Waals surface area contributed by atoms with Crippen LogP contribution in [0.3, 0.4) is 0 Å². The summed E-state index contributed by atoms with van der Waals surface area (Å²) in [7, 11) is 0. The van der Waals surface area contributed by atoms with Gasteiger partial charge in [0.05, 0.1) is 0 Å². The Morgan fingerprint density at radius 1 is 0.893 bits per heavy atom. The van der Waals surface area contributed by atoms with Crippen LogP contribution in [0.25, 0.3) is 0 Å². The largest absolute Gasteiger partial charge is 0.482 e. The highest BCUT2D eigenvalue weighted by molar-refractivity contribution is 5.74. The summed E-state index contributed by atoms with van der Waals surface area (Å²) in [5.74, 6) is 0.811. The number of benzene rings is 2. The number of carbonyl (C=O) groups excluding carboxylic acids is 2. The topological polar surface area (TPSA) is 59.1 Å². The Bertz CT molecular complexity index is 840. The first-order valence-electron chi connectivity index (χ1n) is 9.43. The van der Waals surface area contributed by atoms with E-state index in [1.54, 1.807) is 19.1 Å². The molecule has 1 aliphatic heterocycles. The van der Waals surface area contributed by atoms with E-state index in [1.807, 2.05) is 49.1 Å². The third-order valence-electron chi connectivity index (χ3n) is 4.99. The number of aryl methyl sites for hydroxylation is 2. The third kappa shape index (κ3) is 5.03. The second-order valence-corrected chi connectivity index (χ2v) is 7.00. The number of esters is 1. The van der Waals surface area contributed by atoms with Gasteiger partial charge in [-0.05, 0) is 61.4 Å². The molecular weight excluding hydrogens is 356 g/mol. The van der Waals surface area contributed by atoms with E-state index in [4.69, 9.17) is 9.47 Å². The molecule has 0 atom stereocenters. The van der Waals surface area contributed by atoms with Crippen molar-refractivity contribution in [3.63, 3.8) is 0 Å². The second-order valence-electron chi connectivity index (χ2n) is 7.00. The van der Waals surface area contributed by atoms with E-state index in [1.165, 1.54) is 5.56 Å². The van der Waals surface area contributed by atoms with Crippen molar-refractivity contribution in [3.8, 4) is 11.5 Å². The molecule has 1 heterocycles. The van der Waals surface area contributed by atoms with Gasteiger partial charge < -0.3 is 19.3 Å². The number of amides is 1. The number of rotatable bonds is 5. The van der Waals surface area contributed by atoms with Crippen LogP contribution in [-0.2, 0) is 9.59 Å². The fourth-order valence-corrected chi connectivity index (χ4v) is 3.11. The van der Waals surface area contributed by atoms with Crippen LogP contribution in [0, 0.1) is 13.8 Å². The van der Waals surface area contributed by atoms with Crippen molar-refractivity contribution in [1.29, 1.82) is 0 Å². The van der Waals surface area contributed by atoms with Gasteiger partial charge in [0.25, 0.3) is 0 Å². The molecule has 0 unspecified atom stereocenters. The summed E-state index contributed by atoms with van der Waals surface area (Å²) < 4.78 is 10.9. The van der Waals surface area contributed by atoms with Crippen molar-refractivity contribution in [2.45, 2.75) is 20.8 Å². The lowest BCUT2D eigenvalue weighted by atomic mass is 10.1. The molecule has 1 fully saturated rings. The maximum Gasteiger partial charge on any atom is 0.349 e. The molecule has 0 spiro atoms. The first-order valence-corrected chi connectivity index (χ1v) is 9.43. The highest BCUT2D eigenvalue weighted by atomic mass is 16.6. The molecule has 1 saturated heterocycles. The summed E-state index contributed by atoms with van der Waals surface area (Å²) in [4.78, 5) is 27.5. The number of anilines is 1. The molecule has 3 rings (SSSR count). The SMILES string of the molecule is CC(=O)N1CCN(c2ccc(OC(=O)COc3ccc(C)c(C)c3)cc2)CC1. The monoisotopic (exact) mass is 382 g/mol. The molecule has 0 radical (unpaired) electrons. The average Bonchev–Trinajstić information content (AvgIpc) is 2.69. The first-order chi connectivity index (χ1) is 13.4. The van der Waals surface area contributed by atoms with Crippen LogP contribution < -0.4 is 14.4 Å². The molecule has 2 aromatic carbocycles. The van der Waals surface area contributed by atoms with E-state index < -0.39 is 5.97 Å². The Morgan fingerprint density at radius 3 is 2.14 bits per heavy atom. The maximum absolute atomic E-state index is 12.0. The maximum atomic E-state index is 12.0. The quantitative estimate of drug-likeness (QED) is 0.588. The van der Waals surface area contributed by atoms with E-state index >= 15 is 0 Å².